The Morgan fingerprint density at radius 1 is 1.09 bits per heavy atom. The minimum atomic E-state index is -0.698. The maximum absolute atomic E-state index is 11.8. The smallest absolute Gasteiger partial charge is 0.313 e. The third-order valence-corrected chi connectivity index (χ3v) is 4.13. The zero-order valence-corrected chi connectivity index (χ0v) is 14.2. The van der Waals surface area contributed by atoms with Crippen molar-refractivity contribution in [2.75, 3.05) is 5.32 Å². The van der Waals surface area contributed by atoms with E-state index in [4.69, 9.17) is 11.6 Å². The van der Waals surface area contributed by atoms with Crippen LogP contribution in [0.2, 0.25) is 5.02 Å². The van der Waals surface area contributed by atoms with E-state index in [0.29, 0.717) is 10.7 Å². The number of benzene rings is 2. The Balaban J connectivity index is 1.90. The standard InChI is InChI=1S/C16H14BrClN2O2/c1-10-8-13(6-7-14(10)17)20-16(22)15(21)19-9-11-2-4-12(18)5-3-11/h2-8H,9H2,1H3,(H,19,21)(H,20,22). The Morgan fingerprint density at radius 2 is 1.77 bits per heavy atom. The van der Waals surface area contributed by atoms with Gasteiger partial charge in [0.25, 0.3) is 0 Å². The molecule has 0 spiro atoms. The predicted octanol–water partition coefficient (Wildman–Crippen LogP) is 3.67. The average Bonchev–Trinajstić information content (AvgIpc) is 2.50. The summed E-state index contributed by atoms with van der Waals surface area (Å²) in [5.41, 5.74) is 2.41. The van der Waals surface area contributed by atoms with E-state index in [1.54, 1.807) is 36.4 Å². The van der Waals surface area contributed by atoms with Gasteiger partial charge < -0.3 is 10.6 Å². The second kappa shape index (κ2) is 7.42. The lowest BCUT2D eigenvalue weighted by Gasteiger charge is -2.08. The van der Waals surface area contributed by atoms with Crippen molar-refractivity contribution in [3.05, 3.63) is 63.1 Å². The number of anilines is 1. The molecule has 0 heterocycles. The van der Waals surface area contributed by atoms with Crippen molar-refractivity contribution >= 4 is 45.0 Å². The van der Waals surface area contributed by atoms with Crippen LogP contribution < -0.4 is 10.6 Å². The number of carbonyl (C=O) groups is 2. The third-order valence-electron chi connectivity index (χ3n) is 2.99. The topological polar surface area (TPSA) is 58.2 Å². The Morgan fingerprint density at radius 3 is 2.41 bits per heavy atom. The van der Waals surface area contributed by atoms with Gasteiger partial charge in [0.05, 0.1) is 0 Å². The molecule has 2 rings (SSSR count). The van der Waals surface area contributed by atoms with Gasteiger partial charge in [0.15, 0.2) is 0 Å². The zero-order chi connectivity index (χ0) is 16.1. The molecular weight excluding hydrogens is 368 g/mol. The molecule has 0 fully saturated rings. The van der Waals surface area contributed by atoms with Crippen LogP contribution in [0.3, 0.4) is 0 Å². The molecule has 114 valence electrons. The monoisotopic (exact) mass is 380 g/mol. The van der Waals surface area contributed by atoms with Crippen LogP contribution in [0.15, 0.2) is 46.9 Å². The third kappa shape index (κ3) is 4.58. The summed E-state index contributed by atoms with van der Waals surface area (Å²) >= 11 is 9.16. The molecular formula is C16H14BrClN2O2. The quantitative estimate of drug-likeness (QED) is 0.797. The minimum absolute atomic E-state index is 0.267. The first-order valence-electron chi connectivity index (χ1n) is 6.55. The molecule has 22 heavy (non-hydrogen) atoms. The van der Waals surface area contributed by atoms with Crippen molar-refractivity contribution in [1.29, 1.82) is 0 Å². The molecule has 0 atom stereocenters. The van der Waals surface area contributed by atoms with Crippen molar-refractivity contribution in [2.45, 2.75) is 13.5 Å². The number of nitrogens with one attached hydrogen (secondary N) is 2. The van der Waals surface area contributed by atoms with Crippen LogP contribution in [0.5, 0.6) is 0 Å². The summed E-state index contributed by atoms with van der Waals surface area (Å²) in [5, 5.41) is 5.75. The Kier molecular flexibility index (Phi) is 5.57. The maximum atomic E-state index is 11.8. The predicted molar refractivity (Wildman–Crippen MR) is 90.8 cm³/mol. The molecule has 2 N–H and O–H groups in total. The summed E-state index contributed by atoms with van der Waals surface area (Å²) in [4.78, 5) is 23.6. The zero-order valence-electron chi connectivity index (χ0n) is 11.8. The van der Waals surface area contributed by atoms with Gasteiger partial charge in [-0.05, 0) is 48.4 Å². The lowest BCUT2D eigenvalue weighted by atomic mass is 10.2. The molecule has 0 unspecified atom stereocenters. The molecule has 0 saturated carbocycles. The summed E-state index contributed by atoms with van der Waals surface area (Å²) in [6.07, 6.45) is 0. The molecule has 2 aromatic carbocycles. The highest BCUT2D eigenvalue weighted by Crippen LogP contribution is 2.19. The van der Waals surface area contributed by atoms with E-state index in [0.717, 1.165) is 15.6 Å². The second-order valence-corrected chi connectivity index (χ2v) is 6.02. The number of amides is 2. The van der Waals surface area contributed by atoms with Crippen LogP contribution in [-0.4, -0.2) is 11.8 Å². The lowest BCUT2D eigenvalue weighted by molar-refractivity contribution is -0.136. The van der Waals surface area contributed by atoms with E-state index >= 15 is 0 Å². The number of hydrogen-bond acceptors (Lipinski definition) is 2. The summed E-state index contributed by atoms with van der Waals surface area (Å²) in [6.45, 7) is 2.17. The van der Waals surface area contributed by atoms with Crippen LogP contribution in [0.4, 0.5) is 5.69 Å². The second-order valence-electron chi connectivity index (χ2n) is 4.73. The van der Waals surface area contributed by atoms with Crippen LogP contribution in [0, 0.1) is 6.92 Å². The highest BCUT2D eigenvalue weighted by Gasteiger charge is 2.13. The van der Waals surface area contributed by atoms with E-state index in [1.165, 1.54) is 0 Å². The Hall–Kier alpha value is -1.85. The van der Waals surface area contributed by atoms with Crippen molar-refractivity contribution < 1.29 is 9.59 Å². The molecule has 2 aromatic rings. The van der Waals surface area contributed by atoms with E-state index in [2.05, 4.69) is 26.6 Å². The Bertz CT molecular complexity index is 702. The molecule has 0 bridgehead atoms. The first-order chi connectivity index (χ1) is 10.5. The van der Waals surface area contributed by atoms with Gasteiger partial charge in [0.1, 0.15) is 0 Å². The SMILES string of the molecule is Cc1cc(NC(=O)C(=O)NCc2ccc(Cl)cc2)ccc1Br. The van der Waals surface area contributed by atoms with Crippen molar-refractivity contribution in [3.8, 4) is 0 Å². The van der Waals surface area contributed by atoms with Gasteiger partial charge in [-0.15, -0.1) is 0 Å². The van der Waals surface area contributed by atoms with Crippen LogP contribution >= 0.6 is 27.5 Å². The fraction of sp³-hybridized carbons (Fsp3) is 0.125. The van der Waals surface area contributed by atoms with Crippen molar-refractivity contribution in [3.63, 3.8) is 0 Å². The van der Waals surface area contributed by atoms with Gasteiger partial charge in [-0.25, -0.2) is 0 Å². The molecule has 0 saturated heterocycles. The van der Waals surface area contributed by atoms with Gasteiger partial charge in [-0.3, -0.25) is 9.59 Å². The van der Waals surface area contributed by atoms with E-state index in [-0.39, 0.29) is 6.54 Å². The van der Waals surface area contributed by atoms with Crippen molar-refractivity contribution in [1.82, 2.24) is 5.32 Å². The van der Waals surface area contributed by atoms with Crippen molar-refractivity contribution in [2.24, 2.45) is 0 Å². The van der Waals surface area contributed by atoms with Crippen LogP contribution in [0.1, 0.15) is 11.1 Å². The fourth-order valence-electron chi connectivity index (χ4n) is 1.78. The van der Waals surface area contributed by atoms with Gasteiger partial charge in [-0.2, -0.15) is 0 Å². The summed E-state index contributed by atoms with van der Waals surface area (Å²) in [5.74, 6) is -1.38. The van der Waals surface area contributed by atoms with Gasteiger partial charge in [-0.1, -0.05) is 39.7 Å². The minimum Gasteiger partial charge on any atom is -0.344 e. The lowest BCUT2D eigenvalue weighted by Crippen LogP contribution is -2.34. The summed E-state index contributed by atoms with van der Waals surface area (Å²) in [6, 6.07) is 12.4. The number of hydrogen-bond donors (Lipinski definition) is 2. The van der Waals surface area contributed by atoms with Crippen LogP contribution in [0.25, 0.3) is 0 Å². The fourth-order valence-corrected chi connectivity index (χ4v) is 2.15. The number of rotatable bonds is 3. The maximum Gasteiger partial charge on any atom is 0.313 e. The van der Waals surface area contributed by atoms with E-state index < -0.39 is 11.8 Å². The molecule has 0 aliphatic rings. The number of carbonyl (C=O) groups excluding carboxylic acids is 2. The molecule has 6 heteroatoms. The average molecular weight is 382 g/mol. The van der Waals surface area contributed by atoms with E-state index in [1.807, 2.05) is 13.0 Å². The number of halogens is 2. The molecule has 4 nitrogen and oxygen atoms in total. The van der Waals surface area contributed by atoms with Gasteiger partial charge in [0.2, 0.25) is 0 Å². The van der Waals surface area contributed by atoms with Crippen LogP contribution in [-0.2, 0) is 16.1 Å². The normalized spacial score (nSPS) is 10.1. The molecule has 0 aliphatic carbocycles. The molecule has 2 amide bonds. The summed E-state index contributed by atoms with van der Waals surface area (Å²) < 4.78 is 0.942. The molecule has 0 aliphatic heterocycles. The molecule has 0 radical (unpaired) electrons. The Labute approximate surface area is 142 Å². The largest absolute Gasteiger partial charge is 0.344 e. The van der Waals surface area contributed by atoms with Gasteiger partial charge >= 0.3 is 11.8 Å². The molecule has 0 aromatic heterocycles. The first kappa shape index (κ1) is 16.5. The highest BCUT2D eigenvalue weighted by molar-refractivity contribution is 9.10. The summed E-state index contributed by atoms with van der Waals surface area (Å²) in [7, 11) is 0. The number of aryl methyl sites for hydroxylation is 1. The first-order valence-corrected chi connectivity index (χ1v) is 7.72. The highest BCUT2D eigenvalue weighted by atomic mass is 79.9. The van der Waals surface area contributed by atoms with E-state index in [9.17, 15) is 9.59 Å². The van der Waals surface area contributed by atoms with Gasteiger partial charge in [0, 0.05) is 21.7 Å².